The zero-order valence-electron chi connectivity index (χ0n) is 14.8. The van der Waals surface area contributed by atoms with E-state index in [1.165, 1.54) is 0 Å². The topological polar surface area (TPSA) is 64.0 Å². The van der Waals surface area contributed by atoms with Gasteiger partial charge in [-0.05, 0) is 44.1 Å². The van der Waals surface area contributed by atoms with E-state index in [2.05, 4.69) is 30.9 Å². The fraction of sp³-hybridized carbons (Fsp3) is 0.444. The van der Waals surface area contributed by atoms with E-state index in [1.807, 2.05) is 5.38 Å². The van der Waals surface area contributed by atoms with Crippen molar-refractivity contribution in [2.45, 2.75) is 26.7 Å². The minimum absolute atomic E-state index is 0.0632. The molecule has 0 saturated carbocycles. The van der Waals surface area contributed by atoms with E-state index in [0.717, 1.165) is 42.0 Å². The summed E-state index contributed by atoms with van der Waals surface area (Å²) < 4.78 is 19.7. The van der Waals surface area contributed by atoms with Crippen LogP contribution in [0.5, 0.6) is 5.88 Å². The molecule has 3 aromatic rings. The highest BCUT2D eigenvalue weighted by Gasteiger charge is 2.23. The van der Waals surface area contributed by atoms with Crippen molar-refractivity contribution in [3.8, 4) is 5.88 Å². The van der Waals surface area contributed by atoms with Gasteiger partial charge < -0.3 is 9.64 Å². The van der Waals surface area contributed by atoms with Gasteiger partial charge in [-0.1, -0.05) is 0 Å². The number of thiophene rings is 1. The first kappa shape index (κ1) is 17.1. The van der Waals surface area contributed by atoms with Gasteiger partial charge in [0.25, 0.3) is 5.88 Å². The third-order valence-electron chi connectivity index (χ3n) is 4.71. The van der Waals surface area contributed by atoms with Gasteiger partial charge in [0, 0.05) is 13.1 Å². The van der Waals surface area contributed by atoms with Gasteiger partial charge in [-0.25, -0.2) is 15.0 Å². The minimum atomic E-state index is -0.464. The highest BCUT2D eigenvalue weighted by Crippen LogP contribution is 2.30. The second-order valence-corrected chi connectivity index (χ2v) is 7.45. The molecule has 0 unspecified atom stereocenters. The van der Waals surface area contributed by atoms with Gasteiger partial charge in [-0.15, -0.1) is 11.3 Å². The number of rotatable bonds is 4. The predicted molar refractivity (Wildman–Crippen MR) is 99.3 cm³/mol. The molecule has 0 amide bonds. The monoisotopic (exact) mass is 373 g/mol. The number of fused-ring (bicyclic) bond motifs is 1. The van der Waals surface area contributed by atoms with Crippen LogP contribution in [0, 0.1) is 25.6 Å². The first-order valence-electron chi connectivity index (χ1n) is 8.68. The fourth-order valence-electron chi connectivity index (χ4n) is 3.30. The standard InChI is InChI=1S/C18H20FN5OS/c1-11-15(19)17(23-12(2)22-11)25-9-13-3-6-24(7-4-13)16-14-5-8-26-18(14)21-10-20-16/h5,8,10,13H,3-4,6-7,9H2,1-2H3. The van der Waals surface area contributed by atoms with Crippen LogP contribution in [0.25, 0.3) is 10.2 Å². The SMILES string of the molecule is Cc1nc(C)c(F)c(OCC2CCN(c3ncnc4sccc34)CC2)n1. The third kappa shape index (κ3) is 3.33. The lowest BCUT2D eigenvalue weighted by Gasteiger charge is -2.32. The van der Waals surface area contributed by atoms with Crippen LogP contribution < -0.4 is 9.64 Å². The molecule has 0 radical (unpaired) electrons. The van der Waals surface area contributed by atoms with E-state index >= 15 is 0 Å². The summed E-state index contributed by atoms with van der Waals surface area (Å²) in [6.45, 7) is 5.64. The number of aromatic nitrogens is 4. The van der Waals surface area contributed by atoms with Crippen molar-refractivity contribution in [1.82, 2.24) is 19.9 Å². The molecule has 0 atom stereocenters. The largest absolute Gasteiger partial charge is 0.475 e. The molecular formula is C18H20FN5OS. The van der Waals surface area contributed by atoms with Crippen molar-refractivity contribution in [2.75, 3.05) is 24.6 Å². The molecule has 4 rings (SSSR count). The molecule has 0 aliphatic carbocycles. The number of ether oxygens (including phenoxy) is 1. The van der Waals surface area contributed by atoms with E-state index in [1.54, 1.807) is 31.5 Å². The first-order chi connectivity index (χ1) is 12.6. The Kier molecular flexibility index (Phi) is 4.67. The molecule has 3 aromatic heterocycles. The molecule has 6 nitrogen and oxygen atoms in total. The lowest BCUT2D eigenvalue weighted by molar-refractivity contribution is 0.206. The second kappa shape index (κ2) is 7.11. The number of piperidine rings is 1. The summed E-state index contributed by atoms with van der Waals surface area (Å²) in [5.41, 5.74) is 0.325. The Balaban J connectivity index is 1.38. The molecule has 136 valence electrons. The Bertz CT molecular complexity index is 923. The van der Waals surface area contributed by atoms with Crippen LogP contribution in [0.4, 0.5) is 10.2 Å². The van der Waals surface area contributed by atoms with Crippen LogP contribution >= 0.6 is 11.3 Å². The minimum Gasteiger partial charge on any atom is -0.475 e. The smallest absolute Gasteiger partial charge is 0.254 e. The Morgan fingerprint density at radius 3 is 2.85 bits per heavy atom. The summed E-state index contributed by atoms with van der Waals surface area (Å²) in [7, 11) is 0. The molecule has 0 bridgehead atoms. The lowest BCUT2D eigenvalue weighted by Crippen LogP contribution is -2.36. The summed E-state index contributed by atoms with van der Waals surface area (Å²) in [5, 5.41) is 3.16. The van der Waals surface area contributed by atoms with Gasteiger partial charge in [0.15, 0.2) is 0 Å². The molecule has 26 heavy (non-hydrogen) atoms. The molecule has 1 aliphatic heterocycles. The third-order valence-corrected chi connectivity index (χ3v) is 5.53. The van der Waals surface area contributed by atoms with Crippen molar-refractivity contribution in [1.29, 1.82) is 0 Å². The predicted octanol–water partition coefficient (Wildman–Crippen LogP) is 3.53. The van der Waals surface area contributed by atoms with E-state index in [4.69, 9.17) is 4.74 Å². The molecule has 1 aliphatic rings. The molecule has 8 heteroatoms. The fourth-order valence-corrected chi connectivity index (χ4v) is 4.03. The maximum Gasteiger partial charge on any atom is 0.254 e. The number of nitrogens with zero attached hydrogens (tertiary/aromatic N) is 5. The van der Waals surface area contributed by atoms with Gasteiger partial charge >= 0.3 is 0 Å². The molecule has 0 aromatic carbocycles. The van der Waals surface area contributed by atoms with Crippen molar-refractivity contribution < 1.29 is 9.13 Å². The van der Waals surface area contributed by atoms with Crippen LogP contribution in [0.2, 0.25) is 0 Å². The van der Waals surface area contributed by atoms with Gasteiger partial charge in [0.2, 0.25) is 5.82 Å². The van der Waals surface area contributed by atoms with Gasteiger partial charge in [-0.3, -0.25) is 0 Å². The van der Waals surface area contributed by atoms with E-state index in [9.17, 15) is 4.39 Å². The number of hydrogen-bond donors (Lipinski definition) is 0. The lowest BCUT2D eigenvalue weighted by atomic mass is 9.97. The summed E-state index contributed by atoms with van der Waals surface area (Å²) in [4.78, 5) is 20.2. The number of anilines is 1. The van der Waals surface area contributed by atoms with Crippen LogP contribution in [-0.4, -0.2) is 39.6 Å². The van der Waals surface area contributed by atoms with Crippen molar-refractivity contribution in [3.05, 3.63) is 35.1 Å². The zero-order valence-corrected chi connectivity index (χ0v) is 15.6. The van der Waals surface area contributed by atoms with E-state index < -0.39 is 5.82 Å². The van der Waals surface area contributed by atoms with Crippen molar-refractivity contribution in [2.24, 2.45) is 5.92 Å². The number of halogens is 1. The maximum absolute atomic E-state index is 14.1. The molecule has 4 heterocycles. The van der Waals surface area contributed by atoms with Crippen LogP contribution in [-0.2, 0) is 0 Å². The molecule has 1 fully saturated rings. The maximum atomic E-state index is 14.1. The van der Waals surface area contributed by atoms with Crippen LogP contribution in [0.3, 0.4) is 0 Å². The van der Waals surface area contributed by atoms with Gasteiger partial charge in [-0.2, -0.15) is 9.37 Å². The Morgan fingerprint density at radius 2 is 2.04 bits per heavy atom. The highest BCUT2D eigenvalue weighted by atomic mass is 32.1. The Hall–Kier alpha value is -2.35. The van der Waals surface area contributed by atoms with Crippen molar-refractivity contribution in [3.63, 3.8) is 0 Å². The molecule has 0 N–H and O–H groups in total. The van der Waals surface area contributed by atoms with Gasteiger partial charge in [0.05, 0.1) is 17.7 Å². The Labute approximate surface area is 155 Å². The molecular weight excluding hydrogens is 353 g/mol. The molecule has 1 saturated heterocycles. The van der Waals surface area contributed by atoms with E-state index in [0.29, 0.717) is 24.0 Å². The highest BCUT2D eigenvalue weighted by molar-refractivity contribution is 7.16. The Morgan fingerprint density at radius 1 is 1.23 bits per heavy atom. The van der Waals surface area contributed by atoms with Crippen molar-refractivity contribution >= 4 is 27.4 Å². The van der Waals surface area contributed by atoms with Crippen LogP contribution in [0.15, 0.2) is 17.8 Å². The summed E-state index contributed by atoms with van der Waals surface area (Å²) in [6, 6.07) is 2.08. The number of aryl methyl sites for hydroxylation is 2. The summed E-state index contributed by atoms with van der Waals surface area (Å²) in [6.07, 6.45) is 3.58. The zero-order chi connectivity index (χ0) is 18.1. The first-order valence-corrected chi connectivity index (χ1v) is 9.56. The van der Waals surface area contributed by atoms with E-state index in [-0.39, 0.29) is 5.88 Å². The second-order valence-electron chi connectivity index (χ2n) is 6.55. The quantitative estimate of drug-likeness (QED) is 0.697. The average Bonchev–Trinajstić information content (AvgIpc) is 3.13. The normalized spacial score (nSPS) is 15.6. The summed E-state index contributed by atoms with van der Waals surface area (Å²) >= 11 is 1.63. The number of hydrogen-bond acceptors (Lipinski definition) is 7. The van der Waals surface area contributed by atoms with Crippen LogP contribution in [0.1, 0.15) is 24.4 Å². The molecule has 0 spiro atoms. The average molecular weight is 373 g/mol. The summed E-state index contributed by atoms with van der Waals surface area (Å²) in [5.74, 6) is 1.50. The van der Waals surface area contributed by atoms with Gasteiger partial charge in [0.1, 0.15) is 22.8 Å².